The van der Waals surface area contributed by atoms with Gasteiger partial charge in [0, 0.05) is 29.9 Å². The van der Waals surface area contributed by atoms with Crippen molar-refractivity contribution >= 4 is 36.2 Å². The first-order valence-electron chi connectivity index (χ1n) is 20.0. The van der Waals surface area contributed by atoms with E-state index >= 15 is 0 Å². The SMILES string of the molecule is C=CC1CC1(CC(=O)[C@@H]1C[C@@H](Oc2cc(-c3ccccc3)nc3cc(C)ccc23)CN1C(=O)[C@@H](CC(=O)OC1CCCC1)C(C)(C)C)P(=O)(O)Oc1ccccc1. The second-order valence-electron chi connectivity index (χ2n) is 17.1. The molecular formula is C46H53N2O8P. The van der Waals surface area contributed by atoms with Crippen LogP contribution in [0, 0.1) is 24.2 Å². The highest BCUT2D eigenvalue weighted by Crippen LogP contribution is 2.73. The number of nitrogens with zero attached hydrogens (tertiary/aromatic N) is 2. The summed E-state index contributed by atoms with van der Waals surface area (Å²) in [6, 6.07) is 25.0. The first-order valence-corrected chi connectivity index (χ1v) is 21.6. The molecule has 4 aromatic rings. The van der Waals surface area contributed by atoms with Crippen molar-refractivity contribution in [2.75, 3.05) is 6.54 Å². The van der Waals surface area contributed by atoms with Crippen LogP contribution in [0.25, 0.3) is 22.2 Å². The number of carbonyl (C=O) groups excluding carboxylic acids is 3. The number of para-hydroxylation sites is 1. The largest absolute Gasteiger partial charge is 0.488 e. The number of aromatic nitrogens is 1. The number of allylic oxidation sites excluding steroid dienone is 1. The Balaban J connectivity index is 1.21. The lowest BCUT2D eigenvalue weighted by molar-refractivity contribution is -0.156. The van der Waals surface area contributed by atoms with Crippen molar-refractivity contribution in [3.63, 3.8) is 0 Å². The summed E-state index contributed by atoms with van der Waals surface area (Å²) >= 11 is 0. The van der Waals surface area contributed by atoms with Crippen molar-refractivity contribution in [1.82, 2.24) is 9.88 Å². The molecule has 11 heteroatoms. The second kappa shape index (κ2) is 16.2. The van der Waals surface area contributed by atoms with Gasteiger partial charge in [0.15, 0.2) is 5.78 Å². The van der Waals surface area contributed by atoms with E-state index in [1.54, 1.807) is 36.4 Å². The molecule has 1 N–H and O–H groups in total. The third kappa shape index (κ3) is 8.73. The lowest BCUT2D eigenvalue weighted by atomic mass is 9.77. The number of fused-ring (bicyclic) bond motifs is 1. The van der Waals surface area contributed by atoms with Crippen molar-refractivity contribution in [2.45, 2.75) is 102 Å². The van der Waals surface area contributed by atoms with Crippen LogP contribution in [0.1, 0.15) is 77.7 Å². The van der Waals surface area contributed by atoms with Crippen LogP contribution in [0.2, 0.25) is 0 Å². The van der Waals surface area contributed by atoms with Crippen LogP contribution in [0.3, 0.4) is 0 Å². The molecule has 300 valence electrons. The van der Waals surface area contributed by atoms with Crippen LogP contribution in [-0.4, -0.2) is 62.4 Å². The van der Waals surface area contributed by atoms with Crippen molar-refractivity contribution in [3.05, 3.63) is 103 Å². The fourth-order valence-electron chi connectivity index (χ4n) is 8.53. The number of likely N-dealkylation sites (tertiary alicyclic amines) is 1. The molecule has 6 atom stereocenters. The maximum absolute atomic E-state index is 14.9. The zero-order chi connectivity index (χ0) is 40.5. The number of esters is 1. The van der Waals surface area contributed by atoms with Crippen LogP contribution in [0.4, 0.5) is 0 Å². The first kappa shape index (κ1) is 40.4. The van der Waals surface area contributed by atoms with Gasteiger partial charge < -0.3 is 23.8 Å². The van der Waals surface area contributed by atoms with Crippen molar-refractivity contribution < 1.29 is 37.8 Å². The smallest absolute Gasteiger partial charge is 0.383 e. The monoisotopic (exact) mass is 792 g/mol. The molecule has 2 heterocycles. The Morgan fingerprint density at radius 2 is 1.68 bits per heavy atom. The summed E-state index contributed by atoms with van der Waals surface area (Å²) in [6.45, 7) is 11.7. The van der Waals surface area contributed by atoms with Gasteiger partial charge in [-0.25, -0.2) is 9.55 Å². The van der Waals surface area contributed by atoms with Crippen LogP contribution in [0.15, 0.2) is 97.6 Å². The normalized spacial score (nSPS) is 23.7. The molecule has 1 saturated heterocycles. The molecule has 3 fully saturated rings. The number of hydrogen-bond acceptors (Lipinski definition) is 8. The molecule has 0 spiro atoms. The topological polar surface area (TPSA) is 132 Å². The Labute approximate surface area is 335 Å². The van der Waals surface area contributed by atoms with Crippen molar-refractivity contribution in [1.29, 1.82) is 0 Å². The highest BCUT2D eigenvalue weighted by molar-refractivity contribution is 7.55. The molecule has 0 bridgehead atoms. The van der Waals surface area contributed by atoms with Gasteiger partial charge in [-0.2, -0.15) is 0 Å². The van der Waals surface area contributed by atoms with E-state index in [0.717, 1.165) is 53.4 Å². The summed E-state index contributed by atoms with van der Waals surface area (Å²) in [4.78, 5) is 60.9. The zero-order valence-electron chi connectivity index (χ0n) is 33.3. The maximum atomic E-state index is 14.9. The first-order chi connectivity index (χ1) is 27.2. The number of hydrogen-bond donors (Lipinski definition) is 1. The Morgan fingerprint density at radius 1 is 1.00 bits per heavy atom. The van der Waals surface area contributed by atoms with Gasteiger partial charge in [-0.3, -0.25) is 14.4 Å². The minimum Gasteiger partial charge on any atom is -0.488 e. The molecular weight excluding hydrogens is 739 g/mol. The van der Waals surface area contributed by atoms with Gasteiger partial charge in [-0.1, -0.05) is 81.4 Å². The third-order valence-corrected chi connectivity index (χ3v) is 14.2. The summed E-state index contributed by atoms with van der Waals surface area (Å²) in [5, 5.41) is -0.603. The molecule has 3 unspecified atom stereocenters. The number of pyridine rings is 1. The summed E-state index contributed by atoms with van der Waals surface area (Å²) in [6.07, 6.45) is 4.43. The van der Waals surface area contributed by atoms with Gasteiger partial charge in [-0.15, -0.1) is 6.58 Å². The molecule has 57 heavy (non-hydrogen) atoms. The molecule has 3 aliphatic rings. The highest BCUT2D eigenvalue weighted by atomic mass is 31.2. The van der Waals surface area contributed by atoms with Gasteiger partial charge in [0.1, 0.15) is 23.7 Å². The zero-order valence-corrected chi connectivity index (χ0v) is 34.2. The molecule has 2 saturated carbocycles. The van der Waals surface area contributed by atoms with E-state index in [-0.39, 0.29) is 55.8 Å². The van der Waals surface area contributed by atoms with Crippen molar-refractivity contribution in [3.8, 4) is 22.8 Å². The minimum atomic E-state index is -4.43. The summed E-state index contributed by atoms with van der Waals surface area (Å²) < 4.78 is 32.4. The second-order valence-corrected chi connectivity index (χ2v) is 19.2. The predicted octanol–water partition coefficient (Wildman–Crippen LogP) is 9.27. The summed E-state index contributed by atoms with van der Waals surface area (Å²) in [5.41, 5.74) is 2.77. The van der Waals surface area contributed by atoms with Crippen molar-refractivity contribution in [2.24, 2.45) is 17.3 Å². The Kier molecular flexibility index (Phi) is 11.5. The Hall–Kier alpha value is -4.79. The van der Waals surface area contributed by atoms with Crippen LogP contribution in [0.5, 0.6) is 11.5 Å². The van der Waals surface area contributed by atoms with Gasteiger partial charge >= 0.3 is 13.6 Å². The molecule has 2 aliphatic carbocycles. The van der Waals surface area contributed by atoms with Gasteiger partial charge in [0.05, 0.1) is 41.3 Å². The van der Waals surface area contributed by atoms with E-state index in [1.807, 2.05) is 82.3 Å². The number of carbonyl (C=O) groups is 3. The van der Waals surface area contributed by atoms with E-state index in [4.69, 9.17) is 19.0 Å². The van der Waals surface area contributed by atoms with Crippen LogP contribution >= 0.6 is 7.60 Å². The number of aryl methyl sites for hydroxylation is 1. The quantitative estimate of drug-likeness (QED) is 0.0754. The fourth-order valence-corrected chi connectivity index (χ4v) is 10.4. The van der Waals surface area contributed by atoms with Crippen LogP contribution in [-0.2, 0) is 23.7 Å². The minimum absolute atomic E-state index is 0.0744. The van der Waals surface area contributed by atoms with Crippen LogP contribution < -0.4 is 9.26 Å². The van der Waals surface area contributed by atoms with E-state index in [1.165, 1.54) is 4.90 Å². The van der Waals surface area contributed by atoms with Gasteiger partial charge in [-0.05, 0) is 80.2 Å². The molecule has 10 nitrogen and oxygen atoms in total. The third-order valence-electron chi connectivity index (χ3n) is 11.9. The average molecular weight is 793 g/mol. The highest BCUT2D eigenvalue weighted by Gasteiger charge is 2.68. The maximum Gasteiger partial charge on any atom is 0.383 e. The molecule has 0 radical (unpaired) electrons. The number of ketones is 1. The standard InChI is InChI=1S/C46H53N2O8P/c1-6-32-27-46(32,57(52,53)56-34-19-11-8-12-20-34)28-41(49)40-24-35(29-48(40)44(51)37(45(3,4)5)25-43(50)55-33-17-13-14-18-33)54-42-26-38(31-15-9-7-10-16-31)47-39-23-30(2)21-22-36(39)42/h6-12,15-16,19-23,26,32-33,35,37,40H,1,13-14,17-18,24-25,27-29H2,2-5H3,(H,52,53)/t32?,35-,37-,40+,46?/m1/s1. The Bertz CT molecular complexity index is 2180. The summed E-state index contributed by atoms with van der Waals surface area (Å²) in [5.74, 6) is -1.59. The number of rotatable bonds is 14. The van der Waals surface area contributed by atoms with Gasteiger partial charge in [0.25, 0.3) is 0 Å². The van der Waals surface area contributed by atoms with E-state index in [2.05, 4.69) is 6.58 Å². The fraction of sp³-hybridized carbons (Fsp3) is 0.435. The van der Waals surface area contributed by atoms with E-state index < -0.39 is 48.1 Å². The molecule has 1 aliphatic heterocycles. The average Bonchev–Trinajstić information content (AvgIpc) is 3.44. The number of amides is 1. The number of ether oxygens (including phenoxy) is 2. The molecule has 1 amide bonds. The Morgan fingerprint density at radius 3 is 2.33 bits per heavy atom. The van der Waals surface area contributed by atoms with Gasteiger partial charge in [0.2, 0.25) is 5.91 Å². The molecule has 1 aromatic heterocycles. The predicted molar refractivity (Wildman–Crippen MR) is 220 cm³/mol. The van der Waals surface area contributed by atoms with E-state index in [0.29, 0.717) is 5.75 Å². The number of Topliss-reactive ketones (excluding diaryl/α,β-unsaturated/α-hetero) is 1. The molecule has 3 aromatic carbocycles. The van der Waals surface area contributed by atoms with E-state index in [9.17, 15) is 23.8 Å². The molecule has 7 rings (SSSR count). The summed E-state index contributed by atoms with van der Waals surface area (Å²) in [7, 11) is -4.43. The lowest BCUT2D eigenvalue weighted by Gasteiger charge is -2.35. The lowest BCUT2D eigenvalue weighted by Crippen LogP contribution is -2.48. The number of benzene rings is 3.